The third kappa shape index (κ3) is 3.00. The first kappa shape index (κ1) is 22.1. The summed E-state index contributed by atoms with van der Waals surface area (Å²) in [5.74, 6) is 0.568. The molecule has 4 nitrogen and oxygen atoms in total. The Morgan fingerprint density at radius 3 is 2.16 bits per heavy atom. The van der Waals surface area contributed by atoms with Gasteiger partial charge in [-0.1, -0.05) is 68.4 Å². The Morgan fingerprint density at radius 1 is 0.903 bits per heavy atom. The molecule has 6 rings (SSSR count). The summed E-state index contributed by atoms with van der Waals surface area (Å²) in [6.45, 7) is 10.8. The molecule has 164 valence electrons. The molecule has 1 aliphatic carbocycles. The normalized spacial score (nSPS) is 21.8. The van der Waals surface area contributed by atoms with Crippen LogP contribution in [0.3, 0.4) is 0 Å². The molecule has 1 aromatic heterocycles. The molecule has 2 atom stereocenters. The minimum absolute atomic E-state index is 0. The zero-order chi connectivity index (χ0) is 20.9. The van der Waals surface area contributed by atoms with Crippen molar-refractivity contribution in [3.05, 3.63) is 89.5 Å². The highest BCUT2D eigenvalue weighted by molar-refractivity contribution is 5.47. The molecule has 0 saturated carbocycles. The molecule has 3 heterocycles. The molecule has 2 aromatic carbocycles. The second kappa shape index (κ2) is 8.09. The molecule has 3 aromatic rings. The number of aromatic nitrogens is 2. The van der Waals surface area contributed by atoms with E-state index in [2.05, 4.69) is 104 Å². The van der Waals surface area contributed by atoms with E-state index in [9.17, 15) is 0 Å². The van der Waals surface area contributed by atoms with Gasteiger partial charge < -0.3 is 21.9 Å². The van der Waals surface area contributed by atoms with Crippen molar-refractivity contribution in [3.8, 4) is 0 Å². The Kier molecular flexibility index (Phi) is 5.76. The number of fused-ring (bicyclic) bond motifs is 1. The molecule has 31 heavy (non-hydrogen) atoms. The van der Waals surface area contributed by atoms with E-state index in [1.807, 2.05) is 0 Å². The van der Waals surface area contributed by atoms with Gasteiger partial charge in [0.1, 0.15) is 30.9 Å². The lowest BCUT2D eigenvalue weighted by molar-refractivity contribution is -0.699. The second-order valence-corrected chi connectivity index (χ2v) is 8.90. The van der Waals surface area contributed by atoms with Gasteiger partial charge in [-0.15, -0.1) is 0 Å². The van der Waals surface area contributed by atoms with Gasteiger partial charge in [0.2, 0.25) is 0 Å². The molecule has 5 heteroatoms. The summed E-state index contributed by atoms with van der Waals surface area (Å²) in [4.78, 5) is 0. The SMILES string of the molecule is CCOC1(OCC)C2c3ccccc3C(n3cc[n+](Cc4ccccc4)c32)C1(C)C.[Cl-]. The number of ether oxygens (including phenoxy) is 2. The van der Waals surface area contributed by atoms with E-state index in [4.69, 9.17) is 9.47 Å². The number of hydrogen-bond acceptors (Lipinski definition) is 2. The zero-order valence-electron chi connectivity index (χ0n) is 18.7. The first-order chi connectivity index (χ1) is 14.5. The highest BCUT2D eigenvalue weighted by Crippen LogP contribution is 2.64. The fourth-order valence-electron chi connectivity index (χ4n) is 5.90. The van der Waals surface area contributed by atoms with Crippen LogP contribution in [0.1, 0.15) is 62.2 Å². The number of nitrogens with zero attached hydrogens (tertiary/aromatic N) is 2. The molecule has 3 aliphatic rings. The summed E-state index contributed by atoms with van der Waals surface area (Å²) in [7, 11) is 0. The minimum Gasteiger partial charge on any atom is -1.00 e. The van der Waals surface area contributed by atoms with Crippen LogP contribution >= 0.6 is 0 Å². The van der Waals surface area contributed by atoms with Crippen LogP contribution in [-0.4, -0.2) is 23.6 Å². The molecule has 0 radical (unpaired) electrons. The number of rotatable bonds is 6. The number of imidazole rings is 1. The van der Waals surface area contributed by atoms with Gasteiger partial charge in [-0.05, 0) is 25.0 Å². The fraction of sp³-hybridized carbons (Fsp3) is 0.423. The lowest BCUT2D eigenvalue weighted by Gasteiger charge is -2.58. The molecular formula is C26H31ClN2O2. The average Bonchev–Trinajstić information content (AvgIpc) is 3.14. The Hall–Kier alpha value is -2.14. The fourth-order valence-corrected chi connectivity index (χ4v) is 5.90. The Bertz CT molecular complexity index is 1050. The van der Waals surface area contributed by atoms with Crippen molar-refractivity contribution in [2.24, 2.45) is 5.41 Å². The maximum atomic E-state index is 6.60. The largest absolute Gasteiger partial charge is 1.00 e. The van der Waals surface area contributed by atoms with Crippen molar-refractivity contribution in [2.75, 3.05) is 13.2 Å². The van der Waals surface area contributed by atoms with Gasteiger partial charge in [-0.25, -0.2) is 9.13 Å². The molecule has 0 spiro atoms. The summed E-state index contributed by atoms with van der Waals surface area (Å²) in [5.41, 5.74) is 3.78. The van der Waals surface area contributed by atoms with Gasteiger partial charge >= 0.3 is 0 Å². The maximum Gasteiger partial charge on any atom is 0.270 e. The molecule has 2 unspecified atom stereocenters. The van der Waals surface area contributed by atoms with E-state index >= 15 is 0 Å². The van der Waals surface area contributed by atoms with Crippen LogP contribution in [-0.2, 0) is 16.0 Å². The highest BCUT2D eigenvalue weighted by atomic mass is 35.5. The Balaban J connectivity index is 0.00000231. The molecule has 2 aliphatic heterocycles. The first-order valence-corrected chi connectivity index (χ1v) is 11.1. The molecule has 2 bridgehead atoms. The van der Waals surface area contributed by atoms with Gasteiger partial charge in [0.15, 0.2) is 5.79 Å². The van der Waals surface area contributed by atoms with Crippen LogP contribution < -0.4 is 17.0 Å². The van der Waals surface area contributed by atoms with Crippen LogP contribution in [0.5, 0.6) is 0 Å². The molecule has 0 saturated heterocycles. The first-order valence-electron chi connectivity index (χ1n) is 11.1. The topological polar surface area (TPSA) is 27.3 Å². The van der Waals surface area contributed by atoms with Crippen LogP contribution in [0.25, 0.3) is 0 Å². The molecule has 0 amide bonds. The predicted molar refractivity (Wildman–Crippen MR) is 116 cm³/mol. The van der Waals surface area contributed by atoms with Crippen molar-refractivity contribution < 1.29 is 26.4 Å². The molecular weight excluding hydrogens is 408 g/mol. The quantitative estimate of drug-likeness (QED) is 0.432. The maximum absolute atomic E-state index is 6.60. The van der Waals surface area contributed by atoms with Gasteiger partial charge in [0, 0.05) is 18.8 Å². The van der Waals surface area contributed by atoms with Crippen molar-refractivity contribution in [1.82, 2.24) is 4.57 Å². The van der Waals surface area contributed by atoms with Gasteiger partial charge in [0.05, 0.1) is 5.41 Å². The van der Waals surface area contributed by atoms with Gasteiger partial charge in [-0.2, -0.15) is 0 Å². The number of halogens is 1. The molecule has 0 N–H and O–H groups in total. The van der Waals surface area contributed by atoms with Crippen molar-refractivity contribution in [3.63, 3.8) is 0 Å². The second-order valence-electron chi connectivity index (χ2n) is 8.90. The number of benzene rings is 2. The average molecular weight is 439 g/mol. The van der Waals surface area contributed by atoms with Crippen LogP contribution in [0, 0.1) is 5.41 Å². The van der Waals surface area contributed by atoms with E-state index in [-0.39, 0.29) is 29.8 Å². The Labute approximate surface area is 191 Å². The lowest BCUT2D eigenvalue weighted by Crippen LogP contribution is -3.00. The van der Waals surface area contributed by atoms with Crippen molar-refractivity contribution in [1.29, 1.82) is 0 Å². The van der Waals surface area contributed by atoms with Crippen LogP contribution in [0.4, 0.5) is 0 Å². The van der Waals surface area contributed by atoms with E-state index in [1.54, 1.807) is 0 Å². The molecule has 0 fully saturated rings. The van der Waals surface area contributed by atoms with E-state index < -0.39 is 5.79 Å². The summed E-state index contributed by atoms with van der Waals surface area (Å²) in [5, 5.41) is 0. The van der Waals surface area contributed by atoms with Gasteiger partial charge in [0.25, 0.3) is 5.82 Å². The van der Waals surface area contributed by atoms with Gasteiger partial charge in [-0.3, -0.25) is 0 Å². The van der Waals surface area contributed by atoms with E-state index in [0.29, 0.717) is 13.2 Å². The third-order valence-electron chi connectivity index (χ3n) is 6.98. The smallest absolute Gasteiger partial charge is 0.270 e. The monoisotopic (exact) mass is 438 g/mol. The third-order valence-corrected chi connectivity index (χ3v) is 6.98. The number of hydrogen-bond donors (Lipinski definition) is 0. The lowest BCUT2D eigenvalue weighted by atomic mass is 9.58. The zero-order valence-corrected chi connectivity index (χ0v) is 19.5. The van der Waals surface area contributed by atoms with Crippen LogP contribution in [0.15, 0.2) is 67.0 Å². The standard InChI is InChI=1S/C26H31N2O2.ClH/c1-5-29-26(30-6-2)22-20-14-10-11-15-21(20)23(25(26,3)4)28-17-16-27(24(22)28)18-19-12-8-7-9-13-19;/h7-17,22-23H,5-6,18H2,1-4H3;1H/q+1;/p-1. The van der Waals surface area contributed by atoms with E-state index in [1.165, 1.54) is 22.5 Å². The Morgan fingerprint density at radius 2 is 1.52 bits per heavy atom. The summed E-state index contributed by atoms with van der Waals surface area (Å²) in [6.07, 6.45) is 4.47. The van der Waals surface area contributed by atoms with E-state index in [0.717, 1.165) is 6.54 Å². The van der Waals surface area contributed by atoms with Crippen molar-refractivity contribution >= 4 is 0 Å². The summed E-state index contributed by atoms with van der Waals surface area (Å²) >= 11 is 0. The minimum atomic E-state index is -0.706. The van der Waals surface area contributed by atoms with Crippen LogP contribution in [0.2, 0.25) is 0 Å². The predicted octanol–water partition coefficient (Wildman–Crippen LogP) is 1.67. The summed E-state index contributed by atoms with van der Waals surface area (Å²) in [6, 6.07) is 19.6. The summed E-state index contributed by atoms with van der Waals surface area (Å²) < 4.78 is 18.0. The highest BCUT2D eigenvalue weighted by Gasteiger charge is 2.70. The van der Waals surface area contributed by atoms with Crippen molar-refractivity contribution in [2.45, 2.75) is 52.0 Å².